The number of rotatable bonds is 7. The summed E-state index contributed by atoms with van der Waals surface area (Å²) < 4.78 is 3.87. The summed E-state index contributed by atoms with van der Waals surface area (Å²) in [7, 11) is 0. The highest BCUT2D eigenvalue weighted by atomic mass is 79.9. The van der Waals surface area contributed by atoms with E-state index < -0.39 is 0 Å². The molecule has 0 aliphatic heterocycles. The Morgan fingerprint density at radius 3 is 2.25 bits per heavy atom. The van der Waals surface area contributed by atoms with Crippen molar-refractivity contribution in [1.82, 2.24) is 14.7 Å². The average Bonchev–Trinajstić information content (AvgIpc) is 2.67. The minimum atomic E-state index is -0.369. The third kappa shape index (κ3) is 3.83. The lowest BCUT2D eigenvalue weighted by Gasteiger charge is -2.25. The second-order valence-electron chi connectivity index (χ2n) is 4.08. The quantitative estimate of drug-likeness (QED) is 0.558. The maximum Gasteiger partial charge on any atom is 0.248 e. The van der Waals surface area contributed by atoms with Crippen LogP contribution in [-0.2, 0) is 4.79 Å². The molecule has 1 rings (SSSR count). The van der Waals surface area contributed by atoms with Crippen LogP contribution in [0.25, 0.3) is 0 Å². The molecule has 4 nitrogen and oxygen atoms in total. The molecule has 0 radical (unpaired) electrons. The summed E-state index contributed by atoms with van der Waals surface area (Å²) in [6, 6.07) is -0.369. The van der Waals surface area contributed by atoms with Gasteiger partial charge in [-0.25, -0.2) is 4.68 Å². The largest absolute Gasteiger partial charge is 0.333 e. The summed E-state index contributed by atoms with van der Waals surface area (Å²) in [4.78, 5) is 14.3. The van der Waals surface area contributed by atoms with Gasteiger partial charge >= 0.3 is 0 Å². The summed E-state index contributed by atoms with van der Waals surface area (Å²) in [5.74, 6) is -0.00417. The molecule has 1 amide bonds. The van der Waals surface area contributed by atoms with E-state index in [4.69, 9.17) is 0 Å². The average molecular weight is 470 g/mol. The van der Waals surface area contributed by atoms with Gasteiger partial charge in [-0.1, -0.05) is 19.1 Å². The Bertz CT molecular complexity index is 503. The van der Waals surface area contributed by atoms with Crippen LogP contribution in [0.1, 0.15) is 19.4 Å². The van der Waals surface area contributed by atoms with Gasteiger partial charge in [0.05, 0.1) is 4.47 Å². The first kappa shape index (κ1) is 17.7. The fourth-order valence-corrected chi connectivity index (χ4v) is 3.20. The smallest absolute Gasteiger partial charge is 0.248 e. The highest BCUT2D eigenvalue weighted by molar-refractivity contribution is 9.14. The number of aromatic nitrogens is 2. The van der Waals surface area contributed by atoms with Gasteiger partial charge in [0.2, 0.25) is 5.91 Å². The number of amides is 1. The van der Waals surface area contributed by atoms with E-state index in [9.17, 15) is 4.79 Å². The highest BCUT2D eigenvalue weighted by Gasteiger charge is 2.27. The van der Waals surface area contributed by atoms with Crippen LogP contribution in [-0.4, -0.2) is 33.7 Å². The second-order valence-corrected chi connectivity index (χ2v) is 6.38. The molecule has 0 fully saturated rings. The Kier molecular flexibility index (Phi) is 7.19. The molecule has 20 heavy (non-hydrogen) atoms. The molecule has 0 saturated carbocycles. The van der Waals surface area contributed by atoms with Crippen LogP contribution >= 0.6 is 47.8 Å². The zero-order valence-corrected chi connectivity index (χ0v) is 15.9. The molecule has 1 aromatic rings. The van der Waals surface area contributed by atoms with Gasteiger partial charge in [-0.3, -0.25) is 4.79 Å². The molecule has 1 atom stereocenters. The molecule has 0 spiro atoms. The predicted molar refractivity (Wildman–Crippen MR) is 91.6 cm³/mol. The number of hydrogen-bond donors (Lipinski definition) is 0. The van der Waals surface area contributed by atoms with Gasteiger partial charge in [0, 0.05) is 13.1 Å². The SMILES string of the molecule is C=CCN(CC=C)C(=O)[C@@H](CC)n1nc(Br)c(Br)c1Br. The van der Waals surface area contributed by atoms with E-state index in [1.54, 1.807) is 21.7 Å². The first-order valence-electron chi connectivity index (χ1n) is 6.07. The van der Waals surface area contributed by atoms with Gasteiger partial charge in [-0.15, -0.1) is 13.2 Å². The summed E-state index contributed by atoms with van der Waals surface area (Å²) >= 11 is 10.2. The Balaban J connectivity index is 3.10. The molecule has 0 bridgehead atoms. The molecule has 0 aliphatic rings. The van der Waals surface area contributed by atoms with E-state index in [2.05, 4.69) is 66.0 Å². The van der Waals surface area contributed by atoms with Gasteiger partial charge in [0.1, 0.15) is 15.2 Å². The first-order valence-corrected chi connectivity index (χ1v) is 8.45. The van der Waals surface area contributed by atoms with Gasteiger partial charge in [0.15, 0.2) is 0 Å². The van der Waals surface area contributed by atoms with Crippen LogP contribution in [0.15, 0.2) is 39.0 Å². The van der Waals surface area contributed by atoms with Gasteiger partial charge in [0.25, 0.3) is 0 Å². The van der Waals surface area contributed by atoms with Crippen molar-refractivity contribution < 1.29 is 4.79 Å². The first-order chi connectivity index (χ1) is 9.47. The van der Waals surface area contributed by atoms with E-state index in [0.717, 1.165) is 9.08 Å². The molecule has 1 aromatic heterocycles. The molecular formula is C13H16Br3N3O. The van der Waals surface area contributed by atoms with Crippen LogP contribution < -0.4 is 0 Å². The molecular weight excluding hydrogens is 454 g/mol. The minimum Gasteiger partial charge on any atom is -0.333 e. The van der Waals surface area contributed by atoms with E-state index in [-0.39, 0.29) is 11.9 Å². The maximum absolute atomic E-state index is 12.6. The number of halogens is 3. The molecule has 7 heteroatoms. The number of nitrogens with zero attached hydrogens (tertiary/aromatic N) is 3. The van der Waals surface area contributed by atoms with Crippen molar-refractivity contribution >= 4 is 53.7 Å². The van der Waals surface area contributed by atoms with Gasteiger partial charge in [-0.05, 0) is 54.2 Å². The lowest BCUT2D eigenvalue weighted by molar-refractivity contribution is -0.134. The van der Waals surface area contributed by atoms with E-state index in [1.807, 2.05) is 6.92 Å². The number of carbonyl (C=O) groups excluding carboxylic acids is 1. The molecule has 0 N–H and O–H groups in total. The van der Waals surface area contributed by atoms with Gasteiger partial charge in [-0.2, -0.15) is 5.10 Å². The number of carbonyl (C=O) groups is 1. The molecule has 0 saturated heterocycles. The van der Waals surface area contributed by atoms with Crippen molar-refractivity contribution in [3.63, 3.8) is 0 Å². The van der Waals surface area contributed by atoms with Crippen LogP contribution in [0.5, 0.6) is 0 Å². The fourth-order valence-electron chi connectivity index (χ4n) is 1.80. The summed E-state index contributed by atoms with van der Waals surface area (Å²) in [6.45, 7) is 10.3. The minimum absolute atomic E-state index is 0.00417. The monoisotopic (exact) mass is 467 g/mol. The van der Waals surface area contributed by atoms with Crippen molar-refractivity contribution in [1.29, 1.82) is 0 Å². The lowest BCUT2D eigenvalue weighted by atomic mass is 10.2. The molecule has 0 aliphatic carbocycles. The number of hydrogen-bond acceptors (Lipinski definition) is 2. The molecule has 0 aromatic carbocycles. The zero-order chi connectivity index (χ0) is 15.3. The van der Waals surface area contributed by atoms with Crippen molar-refractivity contribution in [2.24, 2.45) is 0 Å². The Morgan fingerprint density at radius 2 is 1.90 bits per heavy atom. The van der Waals surface area contributed by atoms with Crippen LogP contribution in [0.2, 0.25) is 0 Å². The summed E-state index contributed by atoms with van der Waals surface area (Å²) in [5, 5.41) is 4.35. The van der Waals surface area contributed by atoms with Crippen molar-refractivity contribution in [2.45, 2.75) is 19.4 Å². The topological polar surface area (TPSA) is 38.1 Å². The fraction of sp³-hybridized carbons (Fsp3) is 0.385. The van der Waals surface area contributed by atoms with E-state index in [0.29, 0.717) is 24.1 Å². The van der Waals surface area contributed by atoms with Crippen LogP contribution in [0.4, 0.5) is 0 Å². The van der Waals surface area contributed by atoms with Gasteiger partial charge < -0.3 is 4.90 Å². The van der Waals surface area contributed by atoms with Crippen molar-refractivity contribution in [3.8, 4) is 0 Å². The van der Waals surface area contributed by atoms with Crippen LogP contribution in [0.3, 0.4) is 0 Å². The predicted octanol–water partition coefficient (Wildman–Crippen LogP) is 4.32. The van der Waals surface area contributed by atoms with E-state index >= 15 is 0 Å². The summed E-state index contributed by atoms with van der Waals surface area (Å²) in [6.07, 6.45) is 4.05. The zero-order valence-electron chi connectivity index (χ0n) is 11.2. The normalized spacial score (nSPS) is 12.0. The van der Waals surface area contributed by atoms with Crippen molar-refractivity contribution in [2.75, 3.05) is 13.1 Å². The molecule has 110 valence electrons. The molecule has 1 heterocycles. The Hall–Kier alpha value is -0.400. The van der Waals surface area contributed by atoms with E-state index in [1.165, 1.54) is 0 Å². The lowest BCUT2D eigenvalue weighted by Crippen LogP contribution is -2.37. The third-order valence-corrected chi connectivity index (χ3v) is 5.87. The standard InChI is InChI=1S/C13H16Br3N3O/c1-4-7-18(8-5-2)13(20)9(6-3)19-12(16)10(14)11(15)17-19/h4-5,9H,1-2,6-8H2,3H3/t9-/m1/s1. The summed E-state index contributed by atoms with van der Waals surface area (Å²) in [5.41, 5.74) is 0. The van der Waals surface area contributed by atoms with Crippen molar-refractivity contribution in [3.05, 3.63) is 39.0 Å². The Morgan fingerprint density at radius 1 is 1.35 bits per heavy atom. The third-order valence-electron chi connectivity index (χ3n) is 2.74. The van der Waals surface area contributed by atoms with Crippen LogP contribution in [0, 0.1) is 0 Å². The Labute approximate surface area is 144 Å². The second kappa shape index (κ2) is 8.14. The maximum atomic E-state index is 12.6. The molecule has 0 unspecified atom stereocenters. The highest BCUT2D eigenvalue weighted by Crippen LogP contribution is 2.33.